The molecule has 1 aliphatic rings. The van der Waals surface area contributed by atoms with Crippen molar-refractivity contribution >= 4 is 57.8 Å². The minimum Gasteiger partial charge on any atom is -0.486 e. The highest BCUT2D eigenvalue weighted by Gasteiger charge is 2.24. The molecule has 0 radical (unpaired) electrons. The van der Waals surface area contributed by atoms with Crippen LogP contribution in [0.5, 0.6) is 5.75 Å². The molecule has 1 fully saturated rings. The Labute approximate surface area is 201 Å². The van der Waals surface area contributed by atoms with E-state index in [-0.39, 0.29) is 5.91 Å². The number of benzene rings is 3. The molecule has 1 saturated heterocycles. The van der Waals surface area contributed by atoms with Gasteiger partial charge in [0, 0.05) is 0 Å². The Hall–Kier alpha value is -2.73. The quantitative estimate of drug-likeness (QED) is 0.395. The van der Waals surface area contributed by atoms with Gasteiger partial charge in [0.2, 0.25) is 0 Å². The molecule has 1 aliphatic heterocycles. The van der Waals surface area contributed by atoms with E-state index in [9.17, 15) is 4.79 Å². The Bertz CT molecular complexity index is 1200. The van der Waals surface area contributed by atoms with Crippen molar-refractivity contribution < 1.29 is 9.53 Å². The molecule has 0 aromatic heterocycles. The first-order valence-corrected chi connectivity index (χ1v) is 11.5. The van der Waals surface area contributed by atoms with Gasteiger partial charge in [-0.15, -0.1) is 0 Å². The zero-order valence-electron chi connectivity index (χ0n) is 17.5. The number of amidine groups is 1. The van der Waals surface area contributed by atoms with Crippen LogP contribution in [-0.4, -0.2) is 11.1 Å². The summed E-state index contributed by atoms with van der Waals surface area (Å²) in [6, 6.07) is 19.3. The van der Waals surface area contributed by atoms with Crippen molar-refractivity contribution in [1.29, 1.82) is 0 Å². The van der Waals surface area contributed by atoms with Crippen molar-refractivity contribution in [2.75, 3.05) is 0 Å². The maximum Gasteiger partial charge on any atom is 0.264 e. The van der Waals surface area contributed by atoms with Crippen LogP contribution in [0, 0.1) is 13.8 Å². The van der Waals surface area contributed by atoms with Gasteiger partial charge >= 0.3 is 0 Å². The van der Waals surface area contributed by atoms with E-state index in [1.165, 1.54) is 17.3 Å². The Morgan fingerprint density at radius 3 is 2.19 bits per heavy atom. The number of aliphatic imine (C=N–C) groups is 1. The summed E-state index contributed by atoms with van der Waals surface area (Å²) >= 11 is 14.1. The van der Waals surface area contributed by atoms with Gasteiger partial charge in [0.1, 0.15) is 6.61 Å². The number of carbonyl (C=O) groups excluding carboxylic acids is 1. The first-order valence-electron chi connectivity index (χ1n) is 9.91. The van der Waals surface area contributed by atoms with Crippen molar-refractivity contribution in [3.63, 3.8) is 0 Å². The minimum atomic E-state index is -0.215. The number of ether oxygens (including phenoxy) is 1. The Morgan fingerprint density at radius 1 is 0.969 bits per heavy atom. The van der Waals surface area contributed by atoms with Crippen LogP contribution < -0.4 is 10.1 Å². The molecule has 0 atom stereocenters. The molecule has 0 bridgehead atoms. The van der Waals surface area contributed by atoms with Crippen LogP contribution in [0.4, 0.5) is 5.69 Å². The number of aryl methyl sites for hydroxylation is 2. The molecule has 32 heavy (non-hydrogen) atoms. The molecular formula is C25H20Cl2N2O2S. The van der Waals surface area contributed by atoms with Crippen LogP contribution in [0.2, 0.25) is 10.0 Å². The van der Waals surface area contributed by atoms with Crippen LogP contribution in [0.3, 0.4) is 0 Å². The van der Waals surface area contributed by atoms with Gasteiger partial charge in [-0.1, -0.05) is 70.7 Å². The average Bonchev–Trinajstić information content (AvgIpc) is 3.09. The highest BCUT2D eigenvalue weighted by molar-refractivity contribution is 8.18. The molecule has 4 nitrogen and oxygen atoms in total. The van der Waals surface area contributed by atoms with Gasteiger partial charge in [0.05, 0.1) is 20.6 Å². The second kappa shape index (κ2) is 9.82. The second-order valence-electron chi connectivity index (χ2n) is 7.41. The van der Waals surface area contributed by atoms with Crippen molar-refractivity contribution in [3.05, 3.63) is 97.9 Å². The van der Waals surface area contributed by atoms with Crippen LogP contribution in [0.25, 0.3) is 6.08 Å². The molecule has 1 amide bonds. The predicted molar refractivity (Wildman–Crippen MR) is 134 cm³/mol. The maximum absolute atomic E-state index is 12.4. The molecule has 1 heterocycles. The molecule has 7 heteroatoms. The number of carbonyl (C=O) groups is 1. The molecule has 3 aromatic carbocycles. The van der Waals surface area contributed by atoms with E-state index in [4.69, 9.17) is 27.9 Å². The summed E-state index contributed by atoms with van der Waals surface area (Å²) in [5.74, 6) is 0.203. The summed E-state index contributed by atoms with van der Waals surface area (Å²) < 4.78 is 5.84. The Morgan fingerprint density at radius 2 is 1.56 bits per heavy atom. The summed E-state index contributed by atoms with van der Waals surface area (Å²) in [5, 5.41) is 4.08. The third kappa shape index (κ3) is 5.54. The molecule has 0 spiro atoms. The summed E-state index contributed by atoms with van der Waals surface area (Å²) in [5.41, 5.74) is 4.84. The van der Waals surface area contributed by atoms with Crippen molar-refractivity contribution in [2.45, 2.75) is 20.5 Å². The molecule has 4 rings (SSSR count). The molecule has 0 saturated carbocycles. The first-order chi connectivity index (χ1) is 15.4. The first kappa shape index (κ1) is 22.5. The fraction of sp³-hybridized carbons (Fsp3) is 0.120. The number of amides is 1. The van der Waals surface area contributed by atoms with Crippen molar-refractivity contribution in [3.8, 4) is 5.75 Å². The number of halogens is 2. The fourth-order valence-corrected chi connectivity index (χ4v) is 4.46. The van der Waals surface area contributed by atoms with Gasteiger partial charge < -0.3 is 10.1 Å². The van der Waals surface area contributed by atoms with Gasteiger partial charge in [-0.25, -0.2) is 4.99 Å². The largest absolute Gasteiger partial charge is 0.486 e. The Balaban J connectivity index is 1.49. The van der Waals surface area contributed by atoms with Crippen molar-refractivity contribution in [2.24, 2.45) is 4.99 Å². The minimum absolute atomic E-state index is 0.215. The van der Waals surface area contributed by atoms with E-state index in [0.29, 0.717) is 38.0 Å². The lowest BCUT2D eigenvalue weighted by atomic mass is 10.1. The van der Waals surface area contributed by atoms with E-state index >= 15 is 0 Å². The fourth-order valence-electron chi connectivity index (χ4n) is 3.01. The maximum atomic E-state index is 12.4. The van der Waals surface area contributed by atoms with Gasteiger partial charge in [0.25, 0.3) is 5.91 Å². The summed E-state index contributed by atoms with van der Waals surface area (Å²) in [4.78, 5) is 17.4. The third-order valence-corrected chi connectivity index (χ3v) is 6.21. The number of rotatable bonds is 5. The second-order valence-corrected chi connectivity index (χ2v) is 9.25. The highest BCUT2D eigenvalue weighted by Crippen LogP contribution is 2.36. The standard InChI is InChI=1S/C25H20Cl2N2O2S/c1-15-3-7-17(8-4-15)14-31-23-20(26)11-18(12-21(23)27)13-22-24(30)29-25(32-22)28-19-9-5-16(2)6-10-19/h3-13H,14H2,1-2H3,(H,28,29,30)/b22-13-. The van der Waals surface area contributed by atoms with E-state index in [1.807, 2.05) is 62.4 Å². The Kier molecular flexibility index (Phi) is 6.89. The third-order valence-electron chi connectivity index (χ3n) is 4.74. The van der Waals surface area contributed by atoms with Crippen LogP contribution in [-0.2, 0) is 11.4 Å². The lowest BCUT2D eigenvalue weighted by Gasteiger charge is -2.11. The van der Waals surface area contributed by atoms with Crippen LogP contribution >= 0.6 is 35.0 Å². The van der Waals surface area contributed by atoms with Crippen molar-refractivity contribution in [1.82, 2.24) is 5.32 Å². The topological polar surface area (TPSA) is 50.7 Å². The van der Waals surface area contributed by atoms with E-state index < -0.39 is 0 Å². The normalized spacial score (nSPS) is 15.9. The molecule has 1 N–H and O–H groups in total. The zero-order chi connectivity index (χ0) is 22.7. The van der Waals surface area contributed by atoms with Crippen LogP contribution in [0.1, 0.15) is 22.3 Å². The summed E-state index contributed by atoms with van der Waals surface area (Å²) in [6.45, 7) is 4.40. The number of nitrogens with one attached hydrogen (secondary N) is 1. The molecule has 0 aliphatic carbocycles. The molecule has 3 aromatic rings. The lowest BCUT2D eigenvalue weighted by molar-refractivity contribution is -0.115. The van der Waals surface area contributed by atoms with E-state index in [0.717, 1.165) is 16.8 Å². The highest BCUT2D eigenvalue weighted by atomic mass is 35.5. The smallest absolute Gasteiger partial charge is 0.264 e. The lowest BCUT2D eigenvalue weighted by Crippen LogP contribution is -2.19. The zero-order valence-corrected chi connectivity index (χ0v) is 19.8. The molecule has 162 valence electrons. The molecule has 0 unspecified atom stereocenters. The summed E-state index contributed by atoms with van der Waals surface area (Å²) in [6.07, 6.45) is 1.74. The average molecular weight is 483 g/mol. The van der Waals surface area contributed by atoms with Gasteiger partial charge in [-0.2, -0.15) is 0 Å². The molecular weight excluding hydrogens is 463 g/mol. The van der Waals surface area contributed by atoms with E-state index in [1.54, 1.807) is 18.2 Å². The number of hydrogen-bond acceptors (Lipinski definition) is 4. The summed E-state index contributed by atoms with van der Waals surface area (Å²) in [7, 11) is 0. The van der Waals surface area contributed by atoms with Gasteiger partial charge in [-0.05, 0) is 67.1 Å². The van der Waals surface area contributed by atoms with E-state index in [2.05, 4.69) is 10.3 Å². The SMILES string of the molecule is Cc1ccc(COc2c(Cl)cc(/C=C3\SC(=Nc4ccc(C)cc4)NC3=O)cc2Cl)cc1. The van der Waals surface area contributed by atoms with Gasteiger partial charge in [-0.3, -0.25) is 4.79 Å². The number of nitrogens with zero attached hydrogens (tertiary/aromatic N) is 1. The van der Waals surface area contributed by atoms with Gasteiger partial charge in [0.15, 0.2) is 10.9 Å². The number of hydrogen-bond donors (Lipinski definition) is 1. The van der Waals surface area contributed by atoms with Crippen LogP contribution in [0.15, 0.2) is 70.6 Å². The monoisotopic (exact) mass is 482 g/mol. The predicted octanol–water partition coefficient (Wildman–Crippen LogP) is 7.08. The number of thioether (sulfide) groups is 1.